The predicted molar refractivity (Wildman–Crippen MR) is 88.0 cm³/mol. The third-order valence-corrected chi connectivity index (χ3v) is 3.86. The Hall–Kier alpha value is -2.89. The molecule has 2 aromatic carbocycles. The third-order valence-electron chi connectivity index (χ3n) is 3.86. The molecular weight excluding hydrogens is 310 g/mol. The molecule has 1 amide bonds. The van der Waals surface area contributed by atoms with Crippen LogP contribution in [0.1, 0.15) is 28.9 Å². The summed E-state index contributed by atoms with van der Waals surface area (Å²) in [5, 5.41) is 2.96. The largest absolute Gasteiger partial charge is 0.497 e. The summed E-state index contributed by atoms with van der Waals surface area (Å²) in [6.45, 7) is 2.13. The normalized spacial score (nSPS) is 13.3. The van der Waals surface area contributed by atoms with Crippen molar-refractivity contribution in [2.24, 2.45) is 0 Å². The van der Waals surface area contributed by atoms with Crippen LogP contribution in [0, 0.1) is 0 Å². The van der Waals surface area contributed by atoms with Gasteiger partial charge in [-0.25, -0.2) is 0 Å². The van der Waals surface area contributed by atoms with E-state index in [0.29, 0.717) is 22.8 Å². The first-order chi connectivity index (χ1) is 11.6. The van der Waals surface area contributed by atoms with Crippen molar-refractivity contribution in [2.75, 3.05) is 21.0 Å². The molecule has 1 aliphatic heterocycles. The van der Waals surface area contributed by atoms with Gasteiger partial charge in [0.2, 0.25) is 6.79 Å². The molecule has 0 aliphatic carbocycles. The third kappa shape index (κ3) is 3.22. The number of nitrogens with one attached hydrogen (secondary N) is 1. The average molecular weight is 329 g/mol. The van der Waals surface area contributed by atoms with Gasteiger partial charge in [-0.1, -0.05) is 6.07 Å². The monoisotopic (exact) mass is 329 g/mol. The van der Waals surface area contributed by atoms with E-state index >= 15 is 0 Å². The molecule has 1 N–H and O–H groups in total. The summed E-state index contributed by atoms with van der Waals surface area (Å²) in [5.74, 6) is 2.33. The summed E-state index contributed by atoms with van der Waals surface area (Å²) in [6.07, 6.45) is 0. The number of amides is 1. The van der Waals surface area contributed by atoms with E-state index in [9.17, 15) is 4.79 Å². The number of carbonyl (C=O) groups excluding carboxylic acids is 1. The predicted octanol–water partition coefficient (Wildman–Crippen LogP) is 2.92. The van der Waals surface area contributed by atoms with Crippen LogP contribution in [0.25, 0.3) is 0 Å². The molecule has 3 rings (SSSR count). The van der Waals surface area contributed by atoms with Crippen molar-refractivity contribution in [2.45, 2.75) is 13.0 Å². The molecular formula is C18H19NO5. The van der Waals surface area contributed by atoms with Crippen LogP contribution in [0.5, 0.6) is 23.0 Å². The second-order valence-electron chi connectivity index (χ2n) is 5.41. The van der Waals surface area contributed by atoms with Gasteiger partial charge in [-0.3, -0.25) is 4.79 Å². The van der Waals surface area contributed by atoms with E-state index in [1.807, 2.05) is 25.1 Å². The van der Waals surface area contributed by atoms with Gasteiger partial charge < -0.3 is 24.3 Å². The fourth-order valence-corrected chi connectivity index (χ4v) is 2.48. The maximum atomic E-state index is 12.5. The minimum absolute atomic E-state index is 0.191. The van der Waals surface area contributed by atoms with E-state index in [4.69, 9.17) is 18.9 Å². The number of hydrogen-bond donors (Lipinski definition) is 1. The molecule has 0 bridgehead atoms. The van der Waals surface area contributed by atoms with Gasteiger partial charge in [0.15, 0.2) is 11.5 Å². The van der Waals surface area contributed by atoms with Crippen molar-refractivity contribution in [3.8, 4) is 23.0 Å². The molecule has 0 fully saturated rings. The highest BCUT2D eigenvalue weighted by molar-refractivity contribution is 5.95. The van der Waals surface area contributed by atoms with Crippen molar-refractivity contribution in [3.63, 3.8) is 0 Å². The van der Waals surface area contributed by atoms with Crippen LogP contribution < -0.4 is 24.3 Å². The van der Waals surface area contributed by atoms with Crippen molar-refractivity contribution in [1.82, 2.24) is 5.32 Å². The standard InChI is InChI=1S/C18H19NO5/c1-11(12-4-5-16-17(8-12)24-10-23-16)19-18(20)13-6-14(21-2)9-15(7-13)22-3/h4-9,11H,10H2,1-3H3,(H,19,20)/t11-/m1/s1. The Kier molecular flexibility index (Phi) is 4.46. The Morgan fingerprint density at radius 2 is 1.71 bits per heavy atom. The summed E-state index contributed by atoms with van der Waals surface area (Å²) in [4.78, 5) is 12.5. The summed E-state index contributed by atoms with van der Waals surface area (Å²) in [6, 6.07) is 10.5. The molecule has 0 aromatic heterocycles. The maximum absolute atomic E-state index is 12.5. The molecule has 0 radical (unpaired) electrons. The molecule has 126 valence electrons. The first kappa shape index (κ1) is 16.0. The van der Waals surface area contributed by atoms with Crippen molar-refractivity contribution in [3.05, 3.63) is 47.5 Å². The Bertz CT molecular complexity index is 737. The van der Waals surface area contributed by atoms with Crippen molar-refractivity contribution >= 4 is 5.91 Å². The van der Waals surface area contributed by atoms with Crippen LogP contribution in [0.3, 0.4) is 0 Å². The van der Waals surface area contributed by atoms with Crippen LogP contribution >= 0.6 is 0 Å². The molecule has 1 atom stereocenters. The van der Waals surface area contributed by atoms with Crippen LogP contribution in [-0.2, 0) is 0 Å². The van der Waals surface area contributed by atoms with E-state index < -0.39 is 0 Å². The fraction of sp³-hybridized carbons (Fsp3) is 0.278. The minimum Gasteiger partial charge on any atom is -0.497 e. The second kappa shape index (κ2) is 6.70. The Morgan fingerprint density at radius 1 is 1.04 bits per heavy atom. The quantitative estimate of drug-likeness (QED) is 0.913. The average Bonchev–Trinajstić information content (AvgIpc) is 3.08. The lowest BCUT2D eigenvalue weighted by atomic mass is 10.1. The second-order valence-corrected chi connectivity index (χ2v) is 5.41. The molecule has 24 heavy (non-hydrogen) atoms. The molecule has 1 aliphatic rings. The fourth-order valence-electron chi connectivity index (χ4n) is 2.48. The number of ether oxygens (including phenoxy) is 4. The first-order valence-electron chi connectivity index (χ1n) is 7.54. The Morgan fingerprint density at radius 3 is 2.38 bits per heavy atom. The maximum Gasteiger partial charge on any atom is 0.252 e. The molecule has 2 aromatic rings. The SMILES string of the molecule is COc1cc(OC)cc(C(=O)N[C@H](C)c2ccc3c(c2)OCO3)c1. The summed E-state index contributed by atoms with van der Waals surface area (Å²) < 4.78 is 21.1. The summed E-state index contributed by atoms with van der Waals surface area (Å²) >= 11 is 0. The van der Waals surface area contributed by atoms with Gasteiger partial charge in [-0.2, -0.15) is 0 Å². The summed E-state index contributed by atoms with van der Waals surface area (Å²) in [7, 11) is 3.09. The molecule has 0 saturated heterocycles. The number of methoxy groups -OCH3 is 2. The van der Waals surface area contributed by atoms with E-state index in [2.05, 4.69) is 5.32 Å². The van der Waals surface area contributed by atoms with Crippen LogP contribution in [0.4, 0.5) is 0 Å². The van der Waals surface area contributed by atoms with Crippen molar-refractivity contribution in [1.29, 1.82) is 0 Å². The van der Waals surface area contributed by atoms with Crippen molar-refractivity contribution < 1.29 is 23.7 Å². The Labute approximate surface area is 140 Å². The van der Waals surface area contributed by atoms with Gasteiger partial charge in [-0.05, 0) is 36.8 Å². The Balaban J connectivity index is 1.76. The number of carbonyl (C=O) groups is 1. The molecule has 1 heterocycles. The molecule has 0 spiro atoms. The smallest absolute Gasteiger partial charge is 0.252 e. The van der Waals surface area contributed by atoms with E-state index in [1.165, 1.54) is 0 Å². The lowest BCUT2D eigenvalue weighted by molar-refractivity contribution is 0.0939. The van der Waals surface area contributed by atoms with E-state index in [1.54, 1.807) is 32.4 Å². The highest BCUT2D eigenvalue weighted by Gasteiger charge is 2.18. The van der Waals surface area contributed by atoms with Crippen LogP contribution in [0.15, 0.2) is 36.4 Å². The molecule has 0 saturated carbocycles. The number of fused-ring (bicyclic) bond motifs is 1. The van der Waals surface area contributed by atoms with Gasteiger partial charge >= 0.3 is 0 Å². The highest BCUT2D eigenvalue weighted by atomic mass is 16.7. The molecule has 0 unspecified atom stereocenters. The zero-order valence-corrected chi connectivity index (χ0v) is 13.8. The van der Waals surface area contributed by atoms with E-state index in [0.717, 1.165) is 11.3 Å². The van der Waals surface area contributed by atoms with Crippen LogP contribution in [-0.4, -0.2) is 26.9 Å². The zero-order valence-electron chi connectivity index (χ0n) is 13.8. The van der Waals surface area contributed by atoms with Crippen LogP contribution in [0.2, 0.25) is 0 Å². The van der Waals surface area contributed by atoms with Gasteiger partial charge in [0.25, 0.3) is 5.91 Å². The molecule has 6 heteroatoms. The zero-order chi connectivity index (χ0) is 17.1. The first-order valence-corrected chi connectivity index (χ1v) is 7.54. The molecule has 6 nitrogen and oxygen atoms in total. The number of hydrogen-bond acceptors (Lipinski definition) is 5. The lowest BCUT2D eigenvalue weighted by Gasteiger charge is -2.16. The van der Waals surface area contributed by atoms with Gasteiger partial charge in [0, 0.05) is 11.6 Å². The minimum atomic E-state index is -0.211. The topological polar surface area (TPSA) is 66.0 Å². The lowest BCUT2D eigenvalue weighted by Crippen LogP contribution is -2.26. The van der Waals surface area contributed by atoms with Gasteiger partial charge in [-0.15, -0.1) is 0 Å². The van der Waals surface area contributed by atoms with Gasteiger partial charge in [0.1, 0.15) is 11.5 Å². The number of benzene rings is 2. The number of rotatable bonds is 5. The summed E-state index contributed by atoms with van der Waals surface area (Å²) in [5.41, 5.74) is 1.40. The highest BCUT2D eigenvalue weighted by Crippen LogP contribution is 2.34. The van der Waals surface area contributed by atoms with E-state index in [-0.39, 0.29) is 18.7 Å². The van der Waals surface area contributed by atoms with Gasteiger partial charge in [0.05, 0.1) is 20.3 Å².